The maximum absolute atomic E-state index is 11.1. The number of nitrogens with two attached hydrogens (primary N) is 1. The minimum Gasteiger partial charge on any atom is -0.507 e. The Morgan fingerprint density at radius 2 is 1.81 bits per heavy atom. The van der Waals surface area contributed by atoms with Crippen LogP contribution in [0, 0.1) is 13.8 Å². The van der Waals surface area contributed by atoms with E-state index in [0.717, 1.165) is 27.9 Å². The topological polar surface area (TPSA) is 75.3 Å². The summed E-state index contributed by atoms with van der Waals surface area (Å²) in [5.41, 5.74) is 9.85. The maximum Gasteiger partial charge on any atom is 0.221 e. The van der Waals surface area contributed by atoms with E-state index in [1.54, 1.807) is 0 Å². The fourth-order valence-corrected chi connectivity index (χ4v) is 2.38. The number of phenolic OH excluding ortho intramolecular Hbond substituents is 1. The molecule has 2 aromatic carbocycles. The van der Waals surface area contributed by atoms with Crippen molar-refractivity contribution < 1.29 is 9.90 Å². The number of carbonyl (C=O) groups excluding carboxylic acids is 1. The number of primary amides is 1. The van der Waals surface area contributed by atoms with Crippen molar-refractivity contribution in [3.8, 4) is 5.75 Å². The van der Waals surface area contributed by atoms with Crippen LogP contribution in [-0.4, -0.2) is 11.0 Å². The van der Waals surface area contributed by atoms with Gasteiger partial charge < -0.3 is 16.2 Å². The van der Waals surface area contributed by atoms with Gasteiger partial charge in [0.05, 0.1) is 6.42 Å². The molecule has 4 N–H and O–H groups in total. The van der Waals surface area contributed by atoms with Gasteiger partial charge in [-0.25, -0.2) is 0 Å². The zero-order chi connectivity index (χ0) is 15.4. The second-order valence-electron chi connectivity index (χ2n) is 5.23. The van der Waals surface area contributed by atoms with Crippen LogP contribution in [0.15, 0.2) is 36.4 Å². The third-order valence-corrected chi connectivity index (χ3v) is 3.42. The highest BCUT2D eigenvalue weighted by Gasteiger charge is 2.06. The molecule has 4 heteroatoms. The first-order valence-electron chi connectivity index (χ1n) is 6.86. The minimum absolute atomic E-state index is 0.219. The Morgan fingerprint density at radius 3 is 2.43 bits per heavy atom. The number of hydrogen-bond acceptors (Lipinski definition) is 3. The molecule has 0 spiro atoms. The summed E-state index contributed by atoms with van der Waals surface area (Å²) in [4.78, 5) is 11.1. The molecular formula is C17H20N2O2. The van der Waals surface area contributed by atoms with Crippen LogP contribution in [0.25, 0.3) is 0 Å². The molecule has 0 unspecified atom stereocenters. The van der Waals surface area contributed by atoms with E-state index in [1.807, 2.05) is 50.2 Å². The molecule has 21 heavy (non-hydrogen) atoms. The van der Waals surface area contributed by atoms with Crippen molar-refractivity contribution in [1.29, 1.82) is 0 Å². The van der Waals surface area contributed by atoms with Crippen molar-refractivity contribution in [2.45, 2.75) is 26.8 Å². The van der Waals surface area contributed by atoms with Crippen molar-refractivity contribution in [3.63, 3.8) is 0 Å². The standard InChI is InChI=1S/C17H20N2O2/c1-11-7-13(8-12(2)17(11)21)10-19-15-6-4-3-5-14(15)9-16(18)20/h3-8,19,21H,9-10H2,1-2H3,(H2,18,20). The molecule has 0 heterocycles. The van der Waals surface area contributed by atoms with Gasteiger partial charge in [-0.05, 0) is 42.2 Å². The van der Waals surface area contributed by atoms with Crippen molar-refractivity contribution in [1.82, 2.24) is 0 Å². The Bertz CT molecular complexity index is 643. The number of amides is 1. The minimum atomic E-state index is -0.347. The van der Waals surface area contributed by atoms with Crippen LogP contribution < -0.4 is 11.1 Å². The van der Waals surface area contributed by atoms with E-state index in [-0.39, 0.29) is 12.3 Å². The van der Waals surface area contributed by atoms with Gasteiger partial charge in [-0.1, -0.05) is 30.3 Å². The number of aromatic hydroxyl groups is 1. The monoisotopic (exact) mass is 284 g/mol. The van der Waals surface area contributed by atoms with Crippen LogP contribution in [0.3, 0.4) is 0 Å². The second-order valence-corrected chi connectivity index (χ2v) is 5.23. The predicted molar refractivity (Wildman–Crippen MR) is 84.2 cm³/mol. The molecule has 0 saturated carbocycles. The molecule has 0 aliphatic rings. The van der Waals surface area contributed by atoms with Crippen molar-refractivity contribution >= 4 is 11.6 Å². The van der Waals surface area contributed by atoms with Gasteiger partial charge >= 0.3 is 0 Å². The van der Waals surface area contributed by atoms with Crippen LogP contribution in [0.4, 0.5) is 5.69 Å². The van der Waals surface area contributed by atoms with Gasteiger partial charge in [0.1, 0.15) is 5.75 Å². The molecule has 0 saturated heterocycles. The number of phenols is 1. The summed E-state index contributed by atoms with van der Waals surface area (Å²) in [7, 11) is 0. The summed E-state index contributed by atoms with van der Waals surface area (Å²) in [6.07, 6.45) is 0.219. The average Bonchev–Trinajstić information content (AvgIpc) is 2.43. The number of hydrogen-bond donors (Lipinski definition) is 3. The molecule has 0 atom stereocenters. The van der Waals surface area contributed by atoms with Crippen molar-refractivity contribution in [2.24, 2.45) is 5.73 Å². The number of para-hydroxylation sites is 1. The average molecular weight is 284 g/mol. The highest BCUT2D eigenvalue weighted by molar-refractivity contribution is 5.78. The maximum atomic E-state index is 11.1. The first-order valence-corrected chi connectivity index (χ1v) is 6.86. The van der Waals surface area contributed by atoms with Crippen LogP contribution in [0.5, 0.6) is 5.75 Å². The number of anilines is 1. The fourth-order valence-electron chi connectivity index (χ4n) is 2.38. The van der Waals surface area contributed by atoms with Gasteiger partial charge in [-0.3, -0.25) is 4.79 Å². The van der Waals surface area contributed by atoms with Crippen LogP contribution >= 0.6 is 0 Å². The molecule has 0 aliphatic carbocycles. The van der Waals surface area contributed by atoms with E-state index in [9.17, 15) is 9.90 Å². The van der Waals surface area contributed by atoms with E-state index in [4.69, 9.17) is 5.73 Å². The van der Waals surface area contributed by atoms with Gasteiger partial charge in [0.15, 0.2) is 0 Å². The Hall–Kier alpha value is -2.49. The summed E-state index contributed by atoms with van der Waals surface area (Å²) < 4.78 is 0. The lowest BCUT2D eigenvalue weighted by atomic mass is 10.0. The quantitative estimate of drug-likeness (QED) is 0.790. The Balaban J connectivity index is 2.15. The third kappa shape index (κ3) is 3.75. The summed E-state index contributed by atoms with van der Waals surface area (Å²) in [6, 6.07) is 11.5. The van der Waals surface area contributed by atoms with Gasteiger partial charge in [0, 0.05) is 12.2 Å². The first kappa shape index (κ1) is 14.9. The molecular weight excluding hydrogens is 264 g/mol. The fraction of sp³-hybridized carbons (Fsp3) is 0.235. The zero-order valence-corrected chi connectivity index (χ0v) is 12.3. The zero-order valence-electron chi connectivity index (χ0n) is 12.3. The van der Waals surface area contributed by atoms with E-state index in [2.05, 4.69) is 5.32 Å². The molecule has 0 fully saturated rings. The van der Waals surface area contributed by atoms with E-state index >= 15 is 0 Å². The van der Waals surface area contributed by atoms with E-state index in [0.29, 0.717) is 12.3 Å². The van der Waals surface area contributed by atoms with Crippen LogP contribution in [-0.2, 0) is 17.8 Å². The molecule has 2 aromatic rings. The van der Waals surface area contributed by atoms with Gasteiger partial charge in [0.2, 0.25) is 5.91 Å². The molecule has 110 valence electrons. The van der Waals surface area contributed by atoms with Crippen molar-refractivity contribution in [2.75, 3.05) is 5.32 Å². The first-order chi connectivity index (χ1) is 9.97. The lowest BCUT2D eigenvalue weighted by Crippen LogP contribution is -2.15. The second kappa shape index (κ2) is 6.31. The number of rotatable bonds is 5. The molecule has 4 nitrogen and oxygen atoms in total. The molecule has 2 rings (SSSR count). The molecule has 1 amide bonds. The number of carbonyl (C=O) groups is 1. The Kier molecular flexibility index (Phi) is 4.48. The largest absolute Gasteiger partial charge is 0.507 e. The number of benzene rings is 2. The number of nitrogens with one attached hydrogen (secondary N) is 1. The highest BCUT2D eigenvalue weighted by Crippen LogP contribution is 2.24. The lowest BCUT2D eigenvalue weighted by Gasteiger charge is -2.13. The van der Waals surface area contributed by atoms with Gasteiger partial charge in [0.25, 0.3) is 0 Å². The summed E-state index contributed by atoms with van der Waals surface area (Å²) in [5.74, 6) is -0.00606. The van der Waals surface area contributed by atoms with Gasteiger partial charge in [-0.15, -0.1) is 0 Å². The smallest absolute Gasteiger partial charge is 0.221 e. The SMILES string of the molecule is Cc1cc(CNc2ccccc2CC(N)=O)cc(C)c1O. The predicted octanol–water partition coefficient (Wildman–Crippen LogP) is 2.65. The Morgan fingerprint density at radius 1 is 1.19 bits per heavy atom. The summed E-state index contributed by atoms with van der Waals surface area (Å²) >= 11 is 0. The molecule has 0 aromatic heterocycles. The number of aryl methyl sites for hydroxylation is 2. The normalized spacial score (nSPS) is 10.4. The van der Waals surface area contributed by atoms with E-state index < -0.39 is 0 Å². The molecule has 0 bridgehead atoms. The van der Waals surface area contributed by atoms with Gasteiger partial charge in [-0.2, -0.15) is 0 Å². The van der Waals surface area contributed by atoms with Crippen molar-refractivity contribution in [3.05, 3.63) is 58.7 Å². The highest BCUT2D eigenvalue weighted by atomic mass is 16.3. The lowest BCUT2D eigenvalue weighted by molar-refractivity contribution is -0.117. The van der Waals surface area contributed by atoms with Crippen LogP contribution in [0.1, 0.15) is 22.3 Å². The van der Waals surface area contributed by atoms with E-state index in [1.165, 1.54) is 0 Å². The molecule has 0 radical (unpaired) electrons. The summed E-state index contributed by atoms with van der Waals surface area (Å²) in [5, 5.41) is 13.1. The molecule has 0 aliphatic heterocycles. The van der Waals surface area contributed by atoms with Crippen LogP contribution in [0.2, 0.25) is 0 Å². The Labute approximate surface area is 124 Å². The third-order valence-electron chi connectivity index (χ3n) is 3.42. The summed E-state index contributed by atoms with van der Waals surface area (Å²) in [6.45, 7) is 4.39.